The average Bonchev–Trinajstić information content (AvgIpc) is 2.92. The Balaban J connectivity index is 1.92. The minimum atomic E-state index is 0.285. The number of hydrogen-bond donors (Lipinski definition) is 2. The molecular formula is C8H11N5. The molecule has 1 aromatic heterocycles. The number of aromatic nitrogens is 2. The first-order chi connectivity index (χ1) is 6.34. The molecule has 1 aromatic rings. The zero-order valence-electron chi connectivity index (χ0n) is 7.14. The smallest absolute Gasteiger partial charge is 0.219 e. The zero-order chi connectivity index (χ0) is 9.10. The summed E-state index contributed by atoms with van der Waals surface area (Å²) in [4.78, 5) is 7.68. The van der Waals surface area contributed by atoms with Crippen LogP contribution in [-0.4, -0.2) is 22.2 Å². The lowest BCUT2D eigenvalue weighted by molar-refractivity contribution is 0.741. The summed E-state index contributed by atoms with van der Waals surface area (Å²) in [6.07, 6.45) is 7.41. The van der Waals surface area contributed by atoms with Crippen LogP contribution < -0.4 is 11.2 Å². The SMILES string of the molecule is Nc1ncc(/C=N/NC2CC2)cn1. The highest BCUT2D eigenvalue weighted by Gasteiger charge is 2.19. The maximum absolute atomic E-state index is 5.33. The summed E-state index contributed by atoms with van der Waals surface area (Å²) in [6, 6.07) is 0.575. The topological polar surface area (TPSA) is 76.2 Å². The van der Waals surface area contributed by atoms with Crippen LogP contribution in [0.2, 0.25) is 0 Å². The van der Waals surface area contributed by atoms with Crippen LogP contribution >= 0.6 is 0 Å². The number of anilines is 1. The number of nitrogen functional groups attached to an aromatic ring is 1. The third-order valence-electron chi connectivity index (χ3n) is 1.74. The molecule has 2 rings (SSSR count). The van der Waals surface area contributed by atoms with Gasteiger partial charge in [-0.2, -0.15) is 5.10 Å². The molecule has 1 aliphatic carbocycles. The van der Waals surface area contributed by atoms with E-state index in [0.29, 0.717) is 6.04 Å². The van der Waals surface area contributed by atoms with E-state index in [-0.39, 0.29) is 5.95 Å². The summed E-state index contributed by atoms with van der Waals surface area (Å²) in [6.45, 7) is 0. The van der Waals surface area contributed by atoms with Crippen molar-refractivity contribution in [3.05, 3.63) is 18.0 Å². The molecule has 68 valence electrons. The highest BCUT2D eigenvalue weighted by atomic mass is 15.3. The van der Waals surface area contributed by atoms with E-state index in [9.17, 15) is 0 Å². The molecule has 0 bridgehead atoms. The summed E-state index contributed by atoms with van der Waals surface area (Å²) in [5.41, 5.74) is 9.18. The van der Waals surface area contributed by atoms with Gasteiger partial charge in [-0.25, -0.2) is 9.97 Å². The van der Waals surface area contributed by atoms with Gasteiger partial charge < -0.3 is 11.2 Å². The molecule has 0 radical (unpaired) electrons. The molecule has 0 spiro atoms. The Labute approximate surface area is 76.1 Å². The molecule has 1 aliphatic rings. The maximum atomic E-state index is 5.33. The van der Waals surface area contributed by atoms with Crippen LogP contribution in [0.3, 0.4) is 0 Å². The Morgan fingerprint density at radius 3 is 2.77 bits per heavy atom. The van der Waals surface area contributed by atoms with Crippen LogP contribution in [0.5, 0.6) is 0 Å². The van der Waals surface area contributed by atoms with Gasteiger partial charge in [0.15, 0.2) is 0 Å². The first-order valence-electron chi connectivity index (χ1n) is 4.21. The lowest BCUT2D eigenvalue weighted by Crippen LogP contribution is -2.07. The van der Waals surface area contributed by atoms with Crippen LogP contribution in [0.15, 0.2) is 17.5 Å². The lowest BCUT2D eigenvalue weighted by Gasteiger charge is -1.94. The molecule has 0 saturated heterocycles. The van der Waals surface area contributed by atoms with E-state index in [0.717, 1.165) is 5.56 Å². The van der Waals surface area contributed by atoms with Gasteiger partial charge in [0.1, 0.15) is 0 Å². The molecule has 0 aliphatic heterocycles. The Bertz CT molecular complexity index is 301. The van der Waals surface area contributed by atoms with Crippen molar-refractivity contribution in [2.45, 2.75) is 18.9 Å². The van der Waals surface area contributed by atoms with Gasteiger partial charge in [-0.1, -0.05) is 0 Å². The zero-order valence-corrected chi connectivity index (χ0v) is 7.14. The maximum Gasteiger partial charge on any atom is 0.219 e. The number of hydrogen-bond acceptors (Lipinski definition) is 5. The molecule has 1 fully saturated rings. The van der Waals surface area contributed by atoms with Gasteiger partial charge >= 0.3 is 0 Å². The van der Waals surface area contributed by atoms with E-state index in [1.807, 2.05) is 0 Å². The molecule has 5 heteroatoms. The fourth-order valence-corrected chi connectivity index (χ4v) is 0.844. The quantitative estimate of drug-likeness (QED) is 0.508. The van der Waals surface area contributed by atoms with Crippen molar-refractivity contribution in [2.75, 3.05) is 5.73 Å². The second kappa shape index (κ2) is 3.38. The largest absolute Gasteiger partial charge is 0.368 e. The van der Waals surface area contributed by atoms with Gasteiger partial charge in [0, 0.05) is 24.0 Å². The predicted octanol–water partition coefficient (Wildman–Crippen LogP) is 0.145. The van der Waals surface area contributed by atoms with Gasteiger partial charge in [-0.3, -0.25) is 0 Å². The monoisotopic (exact) mass is 177 g/mol. The Morgan fingerprint density at radius 2 is 2.15 bits per heavy atom. The molecule has 1 heterocycles. The van der Waals surface area contributed by atoms with Gasteiger partial charge in [0.25, 0.3) is 0 Å². The molecule has 3 N–H and O–H groups in total. The highest BCUT2D eigenvalue weighted by Crippen LogP contribution is 2.18. The third-order valence-corrected chi connectivity index (χ3v) is 1.74. The van der Waals surface area contributed by atoms with Crippen molar-refractivity contribution in [3.63, 3.8) is 0 Å². The highest BCUT2D eigenvalue weighted by molar-refractivity contribution is 5.78. The van der Waals surface area contributed by atoms with Gasteiger partial charge in [0.05, 0.1) is 6.21 Å². The molecule has 0 unspecified atom stereocenters. The Kier molecular flexibility index (Phi) is 2.08. The summed E-state index contributed by atoms with van der Waals surface area (Å²) < 4.78 is 0. The van der Waals surface area contributed by atoms with Crippen molar-refractivity contribution < 1.29 is 0 Å². The van der Waals surface area contributed by atoms with E-state index in [1.165, 1.54) is 12.8 Å². The number of nitrogens with one attached hydrogen (secondary N) is 1. The summed E-state index contributed by atoms with van der Waals surface area (Å²) in [5.74, 6) is 0.285. The second-order valence-electron chi connectivity index (χ2n) is 3.04. The molecule has 0 atom stereocenters. The minimum Gasteiger partial charge on any atom is -0.368 e. The molecule has 0 aromatic carbocycles. The van der Waals surface area contributed by atoms with Crippen LogP contribution in [0.4, 0.5) is 5.95 Å². The van der Waals surface area contributed by atoms with Gasteiger partial charge in [-0.05, 0) is 12.8 Å². The van der Waals surface area contributed by atoms with Crippen LogP contribution in [-0.2, 0) is 0 Å². The summed E-state index contributed by atoms with van der Waals surface area (Å²) in [5, 5.41) is 4.04. The first kappa shape index (κ1) is 7.97. The third kappa shape index (κ3) is 2.40. The summed E-state index contributed by atoms with van der Waals surface area (Å²) >= 11 is 0. The Morgan fingerprint density at radius 1 is 1.46 bits per heavy atom. The fourth-order valence-electron chi connectivity index (χ4n) is 0.844. The van der Waals surface area contributed by atoms with Crippen molar-refractivity contribution >= 4 is 12.2 Å². The van der Waals surface area contributed by atoms with Crippen molar-refractivity contribution in [2.24, 2.45) is 5.10 Å². The number of nitrogens with two attached hydrogens (primary N) is 1. The van der Waals surface area contributed by atoms with Crippen LogP contribution in [0.25, 0.3) is 0 Å². The van der Waals surface area contributed by atoms with Gasteiger partial charge in [0.2, 0.25) is 5.95 Å². The minimum absolute atomic E-state index is 0.285. The number of hydrazone groups is 1. The molecule has 0 amide bonds. The number of nitrogens with zero attached hydrogens (tertiary/aromatic N) is 3. The molecular weight excluding hydrogens is 166 g/mol. The van der Waals surface area contributed by atoms with E-state index >= 15 is 0 Å². The van der Waals surface area contributed by atoms with Gasteiger partial charge in [-0.15, -0.1) is 0 Å². The Hall–Kier alpha value is -1.65. The van der Waals surface area contributed by atoms with Crippen molar-refractivity contribution in [3.8, 4) is 0 Å². The predicted molar refractivity (Wildman–Crippen MR) is 50.2 cm³/mol. The van der Waals surface area contributed by atoms with E-state index in [4.69, 9.17) is 5.73 Å². The average molecular weight is 177 g/mol. The van der Waals surface area contributed by atoms with Crippen LogP contribution in [0.1, 0.15) is 18.4 Å². The van der Waals surface area contributed by atoms with Crippen molar-refractivity contribution in [1.82, 2.24) is 15.4 Å². The standard InChI is InChI=1S/C8H11N5/c9-8-10-3-6(4-11-8)5-12-13-7-1-2-7/h3-5,7,13H,1-2H2,(H2,9,10,11)/b12-5+. The number of rotatable bonds is 3. The van der Waals surface area contributed by atoms with E-state index in [2.05, 4.69) is 20.5 Å². The molecule has 13 heavy (non-hydrogen) atoms. The van der Waals surface area contributed by atoms with Crippen molar-refractivity contribution in [1.29, 1.82) is 0 Å². The van der Waals surface area contributed by atoms with E-state index in [1.54, 1.807) is 18.6 Å². The molecule has 1 saturated carbocycles. The normalized spacial score (nSPS) is 16.3. The lowest BCUT2D eigenvalue weighted by atomic mass is 10.4. The van der Waals surface area contributed by atoms with E-state index < -0.39 is 0 Å². The summed E-state index contributed by atoms with van der Waals surface area (Å²) in [7, 11) is 0. The van der Waals surface area contributed by atoms with Crippen LogP contribution in [0, 0.1) is 0 Å². The second-order valence-corrected chi connectivity index (χ2v) is 3.04. The first-order valence-corrected chi connectivity index (χ1v) is 4.21. The molecule has 5 nitrogen and oxygen atoms in total. The fraction of sp³-hybridized carbons (Fsp3) is 0.375.